The van der Waals surface area contributed by atoms with Gasteiger partial charge in [-0.25, -0.2) is 0 Å². The van der Waals surface area contributed by atoms with Crippen LogP contribution in [0.5, 0.6) is 0 Å². The molecule has 0 heterocycles. The number of allylic oxidation sites excluding steroid dienone is 3. The molecule has 2 aliphatic carbocycles. The Morgan fingerprint density at radius 2 is 2.15 bits per heavy atom. The standard InChI is InChI=1S/C19H22F2N2O2S/c1-10-5-6-13(12(22)7-10)23-14-8-11(9-15(14)24)18-16(25-19(20)21)3-2-4-17(18)26/h2-7,11,15,17-19,24,26H,8-9,22H2,1H3/t11-,15+,17?,18?/m1/s1. The van der Waals surface area contributed by atoms with E-state index >= 15 is 0 Å². The van der Waals surface area contributed by atoms with Crippen molar-refractivity contribution in [1.82, 2.24) is 0 Å². The number of thiol groups is 1. The molecule has 2 unspecified atom stereocenters. The molecule has 0 spiro atoms. The largest absolute Gasteiger partial charge is 0.439 e. The Kier molecular flexibility index (Phi) is 5.67. The molecule has 4 atom stereocenters. The zero-order valence-corrected chi connectivity index (χ0v) is 15.2. The van der Waals surface area contributed by atoms with Crippen LogP contribution < -0.4 is 5.73 Å². The molecule has 2 aliphatic rings. The topological polar surface area (TPSA) is 67.8 Å². The first-order valence-corrected chi connectivity index (χ1v) is 8.99. The molecule has 4 nitrogen and oxygen atoms in total. The average Bonchev–Trinajstić information content (AvgIpc) is 2.90. The number of halogens is 2. The van der Waals surface area contributed by atoms with E-state index in [0.29, 0.717) is 29.9 Å². The molecule has 1 saturated carbocycles. The van der Waals surface area contributed by atoms with Gasteiger partial charge in [-0.15, -0.1) is 0 Å². The lowest BCUT2D eigenvalue weighted by Crippen LogP contribution is -2.28. The number of aliphatic hydroxyl groups excluding tert-OH is 1. The molecule has 26 heavy (non-hydrogen) atoms. The van der Waals surface area contributed by atoms with Crippen molar-refractivity contribution >= 4 is 29.7 Å². The fourth-order valence-corrected chi connectivity index (χ4v) is 4.12. The number of aliphatic imine (C=N–C) groups is 1. The van der Waals surface area contributed by atoms with Gasteiger partial charge in [-0.3, -0.25) is 4.99 Å². The van der Waals surface area contributed by atoms with Gasteiger partial charge in [0, 0.05) is 16.9 Å². The first kappa shape index (κ1) is 18.9. The van der Waals surface area contributed by atoms with E-state index in [1.54, 1.807) is 12.2 Å². The van der Waals surface area contributed by atoms with E-state index in [0.717, 1.165) is 5.56 Å². The van der Waals surface area contributed by atoms with Crippen LogP contribution in [0.4, 0.5) is 20.2 Å². The fourth-order valence-electron chi connectivity index (χ4n) is 3.63. The maximum Gasteiger partial charge on any atom is 0.387 e. The Morgan fingerprint density at radius 3 is 2.85 bits per heavy atom. The molecule has 0 bridgehead atoms. The molecular weight excluding hydrogens is 358 g/mol. The zero-order valence-electron chi connectivity index (χ0n) is 14.3. The molecule has 0 saturated heterocycles. The molecular formula is C19H22F2N2O2S. The van der Waals surface area contributed by atoms with Gasteiger partial charge < -0.3 is 15.6 Å². The minimum Gasteiger partial charge on any atom is -0.439 e. The van der Waals surface area contributed by atoms with Crippen molar-refractivity contribution in [1.29, 1.82) is 0 Å². The predicted octanol–water partition coefficient (Wildman–Crippen LogP) is 4.03. The number of benzene rings is 1. The SMILES string of the molecule is Cc1ccc(N=C2C[C@@H](C3C(OC(F)F)=CC=CC3S)C[C@@H]2O)c(N)c1. The van der Waals surface area contributed by atoms with Crippen LogP contribution in [0.1, 0.15) is 18.4 Å². The molecule has 3 N–H and O–H groups in total. The van der Waals surface area contributed by atoms with Gasteiger partial charge in [-0.05, 0) is 49.5 Å². The lowest BCUT2D eigenvalue weighted by atomic mass is 9.83. The molecule has 1 fully saturated rings. The van der Waals surface area contributed by atoms with E-state index in [4.69, 9.17) is 10.5 Å². The number of nitrogens with zero attached hydrogens (tertiary/aromatic N) is 1. The predicted molar refractivity (Wildman–Crippen MR) is 102 cm³/mol. The van der Waals surface area contributed by atoms with Gasteiger partial charge in [0.1, 0.15) is 5.76 Å². The monoisotopic (exact) mass is 380 g/mol. The molecule has 7 heteroatoms. The number of hydrogen-bond donors (Lipinski definition) is 3. The Hall–Kier alpha value is -1.86. The molecule has 0 amide bonds. The van der Waals surface area contributed by atoms with Gasteiger partial charge >= 0.3 is 6.61 Å². The molecule has 0 radical (unpaired) electrons. The summed E-state index contributed by atoms with van der Waals surface area (Å²) >= 11 is 4.50. The van der Waals surface area contributed by atoms with Crippen LogP contribution in [0.25, 0.3) is 0 Å². The summed E-state index contributed by atoms with van der Waals surface area (Å²) in [5.74, 6) is -0.223. The summed E-state index contributed by atoms with van der Waals surface area (Å²) in [6, 6.07) is 5.54. The van der Waals surface area contributed by atoms with Crippen molar-refractivity contribution in [2.45, 2.75) is 37.7 Å². The van der Waals surface area contributed by atoms with Crippen LogP contribution in [0, 0.1) is 18.8 Å². The van der Waals surface area contributed by atoms with E-state index in [2.05, 4.69) is 17.6 Å². The second-order valence-corrected chi connectivity index (χ2v) is 7.33. The van der Waals surface area contributed by atoms with Gasteiger partial charge in [0.05, 0.1) is 17.5 Å². The van der Waals surface area contributed by atoms with E-state index in [1.807, 2.05) is 31.2 Å². The summed E-state index contributed by atoms with van der Waals surface area (Å²) in [6.45, 7) is -0.948. The maximum atomic E-state index is 12.7. The van der Waals surface area contributed by atoms with Crippen LogP contribution >= 0.6 is 12.6 Å². The minimum atomic E-state index is -2.89. The second kappa shape index (κ2) is 7.80. The zero-order chi connectivity index (χ0) is 18.8. The Bertz CT molecular complexity index is 764. The normalized spacial score (nSPS) is 30.1. The van der Waals surface area contributed by atoms with Crippen molar-refractivity contribution in [3.05, 3.63) is 47.7 Å². The number of ether oxygens (including phenoxy) is 1. The summed E-state index contributed by atoms with van der Waals surface area (Å²) in [5.41, 5.74) is 8.79. The Labute approximate surface area is 156 Å². The summed E-state index contributed by atoms with van der Waals surface area (Å²) in [4.78, 5) is 4.53. The van der Waals surface area contributed by atoms with Crippen LogP contribution in [0.2, 0.25) is 0 Å². The first-order valence-electron chi connectivity index (χ1n) is 8.48. The van der Waals surface area contributed by atoms with Gasteiger partial charge in [-0.1, -0.05) is 18.2 Å². The third-order valence-corrected chi connectivity index (χ3v) is 5.32. The fraction of sp³-hybridized carbons (Fsp3) is 0.421. The van der Waals surface area contributed by atoms with Crippen LogP contribution in [-0.2, 0) is 4.74 Å². The van der Waals surface area contributed by atoms with Crippen LogP contribution in [0.3, 0.4) is 0 Å². The molecule has 1 aromatic rings. The highest BCUT2D eigenvalue weighted by Gasteiger charge is 2.40. The number of rotatable bonds is 4. The summed E-state index contributed by atoms with van der Waals surface area (Å²) < 4.78 is 30.1. The Balaban J connectivity index is 1.82. The number of nitrogen functional groups attached to an aromatic ring is 1. The first-order chi connectivity index (χ1) is 12.3. The highest BCUT2D eigenvalue weighted by molar-refractivity contribution is 7.81. The molecule has 140 valence electrons. The van der Waals surface area contributed by atoms with E-state index in [-0.39, 0.29) is 22.8 Å². The van der Waals surface area contributed by atoms with Crippen LogP contribution in [0.15, 0.2) is 47.2 Å². The highest BCUT2D eigenvalue weighted by Crippen LogP contribution is 2.41. The smallest absolute Gasteiger partial charge is 0.387 e. The van der Waals surface area contributed by atoms with E-state index < -0.39 is 12.7 Å². The summed E-state index contributed by atoms with van der Waals surface area (Å²) in [6.07, 6.45) is 5.21. The number of anilines is 1. The number of aliphatic hydroxyl groups is 1. The quantitative estimate of drug-likeness (QED) is 0.546. The van der Waals surface area contributed by atoms with Crippen LogP contribution in [-0.4, -0.2) is 28.8 Å². The molecule has 0 aromatic heterocycles. The van der Waals surface area contributed by atoms with Gasteiger partial charge in [0.2, 0.25) is 0 Å². The van der Waals surface area contributed by atoms with Crippen molar-refractivity contribution in [2.75, 3.05) is 5.73 Å². The number of alkyl halides is 2. The second-order valence-electron chi connectivity index (χ2n) is 6.73. The van der Waals surface area contributed by atoms with Gasteiger partial charge in [0.15, 0.2) is 0 Å². The minimum absolute atomic E-state index is 0.0899. The summed E-state index contributed by atoms with van der Waals surface area (Å²) in [7, 11) is 0. The lowest BCUT2D eigenvalue weighted by molar-refractivity contribution is -0.107. The van der Waals surface area contributed by atoms with Crippen molar-refractivity contribution in [2.24, 2.45) is 16.8 Å². The Morgan fingerprint density at radius 1 is 1.38 bits per heavy atom. The lowest BCUT2D eigenvalue weighted by Gasteiger charge is -2.30. The summed E-state index contributed by atoms with van der Waals surface area (Å²) in [5, 5.41) is 10.2. The van der Waals surface area contributed by atoms with Crippen molar-refractivity contribution in [3.63, 3.8) is 0 Å². The van der Waals surface area contributed by atoms with E-state index in [1.165, 1.54) is 0 Å². The van der Waals surface area contributed by atoms with Gasteiger partial charge in [0.25, 0.3) is 0 Å². The van der Waals surface area contributed by atoms with Crippen molar-refractivity contribution < 1.29 is 18.6 Å². The number of aryl methyl sites for hydroxylation is 1. The average molecular weight is 380 g/mol. The van der Waals surface area contributed by atoms with Gasteiger partial charge in [-0.2, -0.15) is 21.4 Å². The number of nitrogens with two attached hydrogens (primary N) is 1. The molecule has 1 aromatic carbocycles. The third-order valence-electron chi connectivity index (χ3n) is 4.83. The van der Waals surface area contributed by atoms with E-state index in [9.17, 15) is 13.9 Å². The molecule has 3 rings (SSSR count). The third kappa shape index (κ3) is 4.10. The highest BCUT2D eigenvalue weighted by atomic mass is 32.1. The molecule has 0 aliphatic heterocycles. The van der Waals surface area contributed by atoms with Crippen molar-refractivity contribution in [3.8, 4) is 0 Å². The maximum absolute atomic E-state index is 12.7. The number of hydrogen-bond acceptors (Lipinski definition) is 5.